The van der Waals surface area contributed by atoms with Gasteiger partial charge in [-0.15, -0.1) is 0 Å². The van der Waals surface area contributed by atoms with Crippen molar-refractivity contribution in [3.05, 3.63) is 29.3 Å². The van der Waals surface area contributed by atoms with Crippen LogP contribution >= 0.6 is 0 Å². The fourth-order valence-corrected chi connectivity index (χ4v) is 3.68. The molecule has 102 valence electrons. The zero-order valence-electron chi connectivity index (χ0n) is 12.0. The second kappa shape index (κ2) is 7.70. The normalized spacial score (nSPS) is 14.4. The van der Waals surface area contributed by atoms with Crippen LogP contribution in [0.3, 0.4) is 0 Å². The third-order valence-corrected chi connectivity index (χ3v) is 4.71. The molecule has 0 aliphatic carbocycles. The summed E-state index contributed by atoms with van der Waals surface area (Å²) in [6.07, 6.45) is 2.21. The first-order valence-electron chi connectivity index (χ1n) is 6.77. The van der Waals surface area contributed by atoms with E-state index in [1.807, 2.05) is 19.1 Å². The van der Waals surface area contributed by atoms with Crippen LogP contribution in [0.2, 0.25) is 0 Å². The van der Waals surface area contributed by atoms with Gasteiger partial charge in [0.25, 0.3) is 0 Å². The van der Waals surface area contributed by atoms with Gasteiger partial charge in [0, 0.05) is 16.7 Å². The molecule has 0 aliphatic rings. The number of benzene rings is 1. The van der Waals surface area contributed by atoms with Crippen LogP contribution in [-0.2, 0) is 10.8 Å². The lowest BCUT2D eigenvalue weighted by molar-refractivity contribution is 0.525. The average molecular weight is 267 g/mol. The Morgan fingerprint density at radius 3 is 2.56 bits per heavy atom. The molecule has 0 aliphatic heterocycles. The molecule has 0 saturated heterocycles. The van der Waals surface area contributed by atoms with Gasteiger partial charge in [-0.3, -0.25) is 4.21 Å². The van der Waals surface area contributed by atoms with Crippen LogP contribution < -0.4 is 5.32 Å². The monoisotopic (exact) mass is 267 g/mol. The molecule has 0 bridgehead atoms. The van der Waals surface area contributed by atoms with E-state index in [0.717, 1.165) is 29.8 Å². The number of hydrogen-bond acceptors (Lipinski definition) is 2. The summed E-state index contributed by atoms with van der Waals surface area (Å²) in [7, 11) is -0.899. The molecule has 0 radical (unpaired) electrons. The number of hydrogen-bond donors (Lipinski definition) is 1. The fraction of sp³-hybridized carbons (Fsp3) is 0.600. The van der Waals surface area contributed by atoms with Crippen LogP contribution in [0.5, 0.6) is 0 Å². The van der Waals surface area contributed by atoms with Crippen molar-refractivity contribution in [3.63, 3.8) is 0 Å². The molecule has 2 atom stereocenters. The molecule has 3 heteroatoms. The summed E-state index contributed by atoms with van der Waals surface area (Å²) in [4.78, 5) is 0.986. The molecule has 1 N–H and O–H groups in total. The van der Waals surface area contributed by atoms with Gasteiger partial charge in [-0.2, -0.15) is 0 Å². The summed E-state index contributed by atoms with van der Waals surface area (Å²) >= 11 is 0. The largest absolute Gasteiger partial charge is 0.313 e. The van der Waals surface area contributed by atoms with Gasteiger partial charge in [0.1, 0.15) is 0 Å². The van der Waals surface area contributed by atoms with Crippen molar-refractivity contribution >= 4 is 10.8 Å². The predicted molar refractivity (Wildman–Crippen MR) is 79.6 cm³/mol. The van der Waals surface area contributed by atoms with Crippen LogP contribution in [0.15, 0.2) is 23.1 Å². The summed E-state index contributed by atoms with van der Waals surface area (Å²) in [6.45, 7) is 9.32. The zero-order valence-corrected chi connectivity index (χ0v) is 12.8. The Bertz CT molecular complexity index is 397. The molecule has 1 rings (SSSR count). The maximum atomic E-state index is 12.4. The summed E-state index contributed by atoms with van der Waals surface area (Å²) in [6, 6.07) is 6.52. The SMILES string of the molecule is CCCC(CS(=O)c1ccc(C)cc1C)NCC. The first-order valence-corrected chi connectivity index (χ1v) is 8.09. The van der Waals surface area contributed by atoms with Gasteiger partial charge < -0.3 is 5.32 Å². The molecule has 0 spiro atoms. The van der Waals surface area contributed by atoms with Gasteiger partial charge in [-0.05, 0) is 38.4 Å². The first kappa shape index (κ1) is 15.4. The summed E-state index contributed by atoms with van der Waals surface area (Å²) in [5.41, 5.74) is 2.37. The lowest BCUT2D eigenvalue weighted by atomic mass is 10.2. The topological polar surface area (TPSA) is 29.1 Å². The molecule has 2 unspecified atom stereocenters. The van der Waals surface area contributed by atoms with E-state index in [4.69, 9.17) is 0 Å². The van der Waals surface area contributed by atoms with Crippen LogP contribution in [0.1, 0.15) is 37.8 Å². The second-order valence-corrected chi connectivity index (χ2v) is 6.29. The van der Waals surface area contributed by atoms with Crippen LogP contribution in [-0.4, -0.2) is 22.5 Å². The van der Waals surface area contributed by atoms with E-state index in [-0.39, 0.29) is 0 Å². The molecule has 0 aromatic heterocycles. The third-order valence-electron chi connectivity index (χ3n) is 3.06. The first-order chi connectivity index (χ1) is 8.58. The third kappa shape index (κ3) is 4.54. The Morgan fingerprint density at radius 2 is 2.00 bits per heavy atom. The second-order valence-electron chi connectivity index (χ2n) is 4.82. The van der Waals surface area contributed by atoms with Crippen molar-refractivity contribution in [3.8, 4) is 0 Å². The lowest BCUT2D eigenvalue weighted by Crippen LogP contribution is -2.33. The molecule has 1 aromatic carbocycles. The van der Waals surface area contributed by atoms with Gasteiger partial charge in [-0.1, -0.05) is 38.0 Å². The van der Waals surface area contributed by atoms with Crippen molar-refractivity contribution < 1.29 is 4.21 Å². The molecule has 0 heterocycles. The molecule has 0 amide bonds. The van der Waals surface area contributed by atoms with E-state index in [2.05, 4.69) is 32.2 Å². The minimum atomic E-state index is -0.899. The molecule has 0 saturated carbocycles. The number of aryl methyl sites for hydroxylation is 2. The minimum absolute atomic E-state index is 0.363. The highest BCUT2D eigenvalue weighted by atomic mass is 32.2. The van der Waals surface area contributed by atoms with E-state index < -0.39 is 10.8 Å². The van der Waals surface area contributed by atoms with E-state index in [1.54, 1.807) is 0 Å². The molecular weight excluding hydrogens is 242 g/mol. The maximum absolute atomic E-state index is 12.4. The van der Waals surface area contributed by atoms with Crippen LogP contribution in [0.4, 0.5) is 0 Å². The standard InChI is InChI=1S/C15H25NOS/c1-5-7-14(16-6-2)11-18(17)15-9-8-12(3)10-13(15)4/h8-10,14,16H,5-7,11H2,1-4H3. The van der Waals surface area contributed by atoms with Crippen molar-refractivity contribution in [2.24, 2.45) is 0 Å². The Balaban J connectivity index is 2.73. The van der Waals surface area contributed by atoms with E-state index in [0.29, 0.717) is 11.8 Å². The van der Waals surface area contributed by atoms with Gasteiger partial charge >= 0.3 is 0 Å². The molecule has 1 aromatic rings. The highest BCUT2D eigenvalue weighted by Gasteiger charge is 2.14. The van der Waals surface area contributed by atoms with Gasteiger partial charge in [0.05, 0.1) is 10.8 Å². The predicted octanol–water partition coefficient (Wildman–Crippen LogP) is 3.19. The van der Waals surface area contributed by atoms with E-state index in [1.165, 1.54) is 5.56 Å². The summed E-state index contributed by atoms with van der Waals surface area (Å²) in [5, 5.41) is 3.42. The Morgan fingerprint density at radius 1 is 1.28 bits per heavy atom. The molecule has 2 nitrogen and oxygen atoms in total. The van der Waals surface area contributed by atoms with Crippen LogP contribution in [0.25, 0.3) is 0 Å². The zero-order chi connectivity index (χ0) is 13.5. The summed E-state index contributed by atoms with van der Waals surface area (Å²) < 4.78 is 12.4. The summed E-state index contributed by atoms with van der Waals surface area (Å²) in [5.74, 6) is 0.714. The van der Waals surface area contributed by atoms with E-state index in [9.17, 15) is 4.21 Å². The van der Waals surface area contributed by atoms with Crippen molar-refractivity contribution in [1.29, 1.82) is 0 Å². The number of nitrogens with one attached hydrogen (secondary N) is 1. The highest BCUT2D eigenvalue weighted by Crippen LogP contribution is 2.16. The van der Waals surface area contributed by atoms with E-state index >= 15 is 0 Å². The highest BCUT2D eigenvalue weighted by molar-refractivity contribution is 7.85. The van der Waals surface area contributed by atoms with Crippen molar-refractivity contribution in [1.82, 2.24) is 5.32 Å². The van der Waals surface area contributed by atoms with Gasteiger partial charge in [0.2, 0.25) is 0 Å². The Labute approximate surface area is 114 Å². The molecule has 0 fully saturated rings. The fourth-order valence-electron chi connectivity index (χ4n) is 2.21. The average Bonchev–Trinajstić information content (AvgIpc) is 2.29. The minimum Gasteiger partial charge on any atom is -0.313 e. The smallest absolute Gasteiger partial charge is 0.0547 e. The molecule has 18 heavy (non-hydrogen) atoms. The number of rotatable bonds is 7. The quantitative estimate of drug-likeness (QED) is 0.822. The van der Waals surface area contributed by atoms with Crippen LogP contribution in [0, 0.1) is 13.8 Å². The van der Waals surface area contributed by atoms with Gasteiger partial charge in [0.15, 0.2) is 0 Å². The Kier molecular flexibility index (Phi) is 6.58. The van der Waals surface area contributed by atoms with Crippen molar-refractivity contribution in [2.45, 2.75) is 51.5 Å². The van der Waals surface area contributed by atoms with Crippen molar-refractivity contribution in [2.75, 3.05) is 12.3 Å². The van der Waals surface area contributed by atoms with Gasteiger partial charge in [-0.25, -0.2) is 0 Å². The Hall–Kier alpha value is -0.670. The molecular formula is C15H25NOS. The lowest BCUT2D eigenvalue weighted by Gasteiger charge is -2.17. The maximum Gasteiger partial charge on any atom is 0.0547 e.